The monoisotopic (exact) mass is 423 g/mol. The summed E-state index contributed by atoms with van der Waals surface area (Å²) in [6.45, 7) is 5.93. The van der Waals surface area contributed by atoms with Gasteiger partial charge in [0.1, 0.15) is 23.0 Å². The minimum Gasteiger partial charge on any atom is -0.496 e. The molecule has 1 aliphatic rings. The highest BCUT2D eigenvalue weighted by Gasteiger charge is 2.28. The van der Waals surface area contributed by atoms with Crippen molar-refractivity contribution in [2.45, 2.75) is 13.5 Å². The highest BCUT2D eigenvalue weighted by atomic mass is 35.5. The number of nitrogens with zero attached hydrogens (tertiary/aromatic N) is 2. The van der Waals surface area contributed by atoms with E-state index in [2.05, 4.69) is 11.6 Å². The van der Waals surface area contributed by atoms with E-state index in [1.165, 1.54) is 12.0 Å². The van der Waals surface area contributed by atoms with Crippen molar-refractivity contribution in [3.63, 3.8) is 0 Å². The maximum absolute atomic E-state index is 12.7. The summed E-state index contributed by atoms with van der Waals surface area (Å²) in [5.41, 5.74) is 7.89. The zero-order chi connectivity index (χ0) is 21.7. The number of hydrogen-bond donors (Lipinski definition) is 1. The van der Waals surface area contributed by atoms with Gasteiger partial charge in [0.25, 0.3) is 5.91 Å². The Morgan fingerprint density at radius 1 is 1.30 bits per heavy atom. The Kier molecular flexibility index (Phi) is 6.59. The molecule has 1 amide bonds. The predicted molar refractivity (Wildman–Crippen MR) is 119 cm³/mol. The zero-order valence-corrected chi connectivity index (χ0v) is 17.5. The molecule has 2 heterocycles. The number of furan rings is 1. The first-order valence-electron chi connectivity index (χ1n) is 9.21. The second-order valence-electron chi connectivity index (χ2n) is 6.44. The molecular weight excluding hydrogens is 402 g/mol. The number of hydrogen-bond acceptors (Lipinski definition) is 5. The molecule has 0 fully saturated rings. The molecule has 0 spiro atoms. The number of guanidine groups is 1. The van der Waals surface area contributed by atoms with E-state index >= 15 is 0 Å². The number of aliphatic imine (C=N–C) groups is 1. The van der Waals surface area contributed by atoms with E-state index in [1.54, 1.807) is 24.3 Å². The topological polar surface area (TPSA) is 81.1 Å². The molecule has 154 valence electrons. The molecule has 6 nitrogen and oxygen atoms in total. The first-order valence-corrected chi connectivity index (χ1v) is 9.59. The fraction of sp³-hybridized carbons (Fsp3) is 0.130. The van der Waals surface area contributed by atoms with Crippen LogP contribution in [0.2, 0.25) is 0 Å². The van der Waals surface area contributed by atoms with Crippen LogP contribution in [0.3, 0.4) is 0 Å². The van der Waals surface area contributed by atoms with Crippen molar-refractivity contribution in [3.05, 3.63) is 94.8 Å². The minimum atomic E-state index is -0.278. The summed E-state index contributed by atoms with van der Waals surface area (Å²) in [5.74, 6) is 1.28. The van der Waals surface area contributed by atoms with E-state index in [-0.39, 0.29) is 17.6 Å². The van der Waals surface area contributed by atoms with Crippen molar-refractivity contribution in [3.8, 4) is 0 Å². The van der Waals surface area contributed by atoms with Gasteiger partial charge in [0, 0.05) is 11.6 Å². The minimum absolute atomic E-state index is 0.156. The lowest BCUT2D eigenvalue weighted by Gasteiger charge is -2.15. The van der Waals surface area contributed by atoms with Gasteiger partial charge in [0.05, 0.1) is 18.7 Å². The Bertz CT molecular complexity index is 1080. The van der Waals surface area contributed by atoms with Crippen molar-refractivity contribution < 1.29 is 13.9 Å². The number of rotatable bonds is 7. The molecule has 0 aliphatic carbocycles. The number of ether oxygens (including phenoxy) is 1. The number of halogens is 1. The van der Waals surface area contributed by atoms with Gasteiger partial charge in [-0.2, -0.15) is 0 Å². The second kappa shape index (κ2) is 9.33. The quantitative estimate of drug-likeness (QED) is 0.399. The largest absolute Gasteiger partial charge is 0.496 e. The molecule has 2 N–H and O–H groups in total. The lowest BCUT2D eigenvalue weighted by Crippen LogP contribution is -2.36. The van der Waals surface area contributed by atoms with E-state index in [0.717, 1.165) is 11.1 Å². The summed E-state index contributed by atoms with van der Waals surface area (Å²) in [5, 5.41) is 0.363. The fourth-order valence-electron chi connectivity index (χ4n) is 2.82. The van der Waals surface area contributed by atoms with Crippen LogP contribution in [0.25, 0.3) is 11.6 Å². The van der Waals surface area contributed by atoms with Crippen LogP contribution >= 0.6 is 11.6 Å². The van der Waals surface area contributed by atoms with Crippen LogP contribution in [-0.4, -0.2) is 23.9 Å². The van der Waals surface area contributed by atoms with Crippen molar-refractivity contribution in [1.82, 2.24) is 4.90 Å². The summed E-state index contributed by atoms with van der Waals surface area (Å²) in [4.78, 5) is 18.4. The van der Waals surface area contributed by atoms with E-state index in [9.17, 15) is 4.79 Å². The average molecular weight is 424 g/mol. The maximum Gasteiger partial charge on any atom is 0.279 e. The third-order valence-electron chi connectivity index (χ3n) is 4.46. The van der Waals surface area contributed by atoms with Crippen molar-refractivity contribution in [1.29, 1.82) is 0 Å². The van der Waals surface area contributed by atoms with Gasteiger partial charge in [-0.3, -0.25) is 9.69 Å². The number of methoxy groups -OCH3 is 1. The van der Waals surface area contributed by atoms with E-state index in [4.69, 9.17) is 26.5 Å². The summed E-state index contributed by atoms with van der Waals surface area (Å²) >= 11 is 6.18. The lowest BCUT2D eigenvalue weighted by molar-refractivity contribution is -0.123. The van der Waals surface area contributed by atoms with Gasteiger partial charge < -0.3 is 14.9 Å². The van der Waals surface area contributed by atoms with Crippen molar-refractivity contribution in [2.24, 2.45) is 10.7 Å². The van der Waals surface area contributed by atoms with Crippen LogP contribution in [0, 0.1) is 0 Å². The van der Waals surface area contributed by atoms with Crippen LogP contribution in [0.4, 0.5) is 0 Å². The molecule has 30 heavy (non-hydrogen) atoms. The highest BCUT2D eigenvalue weighted by molar-refractivity contribution is 6.32. The van der Waals surface area contributed by atoms with E-state index < -0.39 is 0 Å². The number of carbonyl (C=O) groups excluding carboxylic acids is 1. The third-order valence-corrected chi connectivity index (χ3v) is 4.78. The van der Waals surface area contributed by atoms with E-state index in [0.29, 0.717) is 28.9 Å². The second-order valence-corrected chi connectivity index (χ2v) is 6.85. The molecule has 0 bridgehead atoms. The fourth-order valence-corrected chi connectivity index (χ4v) is 3.01. The van der Waals surface area contributed by atoms with Crippen LogP contribution < -0.4 is 5.73 Å². The van der Waals surface area contributed by atoms with Crippen LogP contribution in [0.15, 0.2) is 87.1 Å². The molecule has 0 unspecified atom stereocenters. The molecule has 1 aliphatic heterocycles. The standard InChI is InChI=1S/C23H22ClN3O3/c1-4-17(12-19(24)15(2)29-3)21-11-10-18(30-21)13-20-22(28)27(23(25)26-20)14-16-8-6-5-7-9-16/h4-13H,2,14H2,1,3H3,(H2,25,26)/b17-4+,19-12+,20-13+. The Hall–Kier alpha value is -3.51. The molecule has 2 aromatic rings. The summed E-state index contributed by atoms with van der Waals surface area (Å²) in [6, 6.07) is 13.1. The molecule has 1 aromatic heterocycles. The summed E-state index contributed by atoms with van der Waals surface area (Å²) in [6.07, 6.45) is 5.11. The summed E-state index contributed by atoms with van der Waals surface area (Å²) < 4.78 is 10.9. The number of allylic oxidation sites excluding steroid dienone is 4. The van der Waals surface area contributed by atoms with Gasteiger partial charge in [-0.15, -0.1) is 0 Å². The molecule has 3 rings (SSSR count). The molecule has 0 saturated carbocycles. The molecule has 0 atom stereocenters. The van der Waals surface area contributed by atoms with Crippen molar-refractivity contribution >= 4 is 35.1 Å². The van der Waals surface area contributed by atoms with E-state index in [1.807, 2.05) is 43.3 Å². The van der Waals surface area contributed by atoms with Gasteiger partial charge in [-0.05, 0) is 30.7 Å². The Morgan fingerprint density at radius 2 is 2.03 bits per heavy atom. The third kappa shape index (κ3) is 4.72. The summed E-state index contributed by atoms with van der Waals surface area (Å²) in [7, 11) is 1.50. The smallest absolute Gasteiger partial charge is 0.279 e. The molecule has 7 heteroatoms. The molecule has 0 radical (unpaired) electrons. The molecule has 0 saturated heterocycles. The van der Waals surface area contributed by atoms with Crippen LogP contribution in [0.5, 0.6) is 0 Å². The van der Waals surface area contributed by atoms with Crippen molar-refractivity contribution in [2.75, 3.05) is 7.11 Å². The van der Waals surface area contributed by atoms with Gasteiger partial charge in [0.15, 0.2) is 0 Å². The Morgan fingerprint density at radius 3 is 2.70 bits per heavy atom. The first kappa shape index (κ1) is 21.2. The predicted octanol–water partition coefficient (Wildman–Crippen LogP) is 4.66. The highest BCUT2D eigenvalue weighted by Crippen LogP contribution is 2.26. The van der Waals surface area contributed by atoms with Gasteiger partial charge in [-0.1, -0.05) is 54.6 Å². The Labute approximate surface area is 180 Å². The van der Waals surface area contributed by atoms with Crippen LogP contribution in [0.1, 0.15) is 24.0 Å². The molecular formula is C23H22ClN3O3. The average Bonchev–Trinajstić information content (AvgIpc) is 3.32. The van der Waals surface area contributed by atoms with Gasteiger partial charge in [-0.25, -0.2) is 4.99 Å². The van der Waals surface area contributed by atoms with Crippen LogP contribution in [-0.2, 0) is 16.1 Å². The Balaban J connectivity index is 1.79. The normalized spacial score (nSPS) is 16.2. The lowest BCUT2D eigenvalue weighted by atomic mass is 10.2. The van der Waals surface area contributed by atoms with Gasteiger partial charge >= 0.3 is 0 Å². The maximum atomic E-state index is 12.7. The first-order chi connectivity index (χ1) is 14.4. The number of carbonyl (C=O) groups is 1. The number of benzene rings is 1. The number of amides is 1. The molecule has 1 aromatic carbocycles. The zero-order valence-electron chi connectivity index (χ0n) is 16.8. The SMILES string of the molecule is C=C(OC)/C(Cl)=C\C(=C/C)c1ccc(/C=C2/N=C(N)N(Cc3ccccc3)C2=O)o1. The van der Waals surface area contributed by atoms with Gasteiger partial charge in [0.2, 0.25) is 5.96 Å². The number of nitrogens with two attached hydrogens (primary N) is 1.